The average Bonchev–Trinajstić information content (AvgIpc) is 3.08. The van der Waals surface area contributed by atoms with Crippen molar-refractivity contribution in [2.45, 2.75) is 69.0 Å². The lowest BCUT2D eigenvalue weighted by molar-refractivity contribution is -0.140. The van der Waals surface area contributed by atoms with E-state index in [1.54, 1.807) is 24.3 Å². The summed E-state index contributed by atoms with van der Waals surface area (Å²) in [4.78, 5) is 30.2. The van der Waals surface area contributed by atoms with E-state index in [9.17, 15) is 22.4 Å². The molecule has 0 aromatic heterocycles. The van der Waals surface area contributed by atoms with E-state index in [0.29, 0.717) is 5.56 Å². The number of nitrogens with zero attached hydrogens (tertiary/aromatic N) is 2. The molecule has 1 aliphatic carbocycles. The van der Waals surface area contributed by atoms with Gasteiger partial charge < -0.3 is 10.2 Å². The fourth-order valence-corrected chi connectivity index (χ4v) is 7.77. The number of benzene rings is 4. The Kier molecular flexibility index (Phi) is 11.8. The summed E-state index contributed by atoms with van der Waals surface area (Å²) < 4.78 is 43.4. The van der Waals surface area contributed by atoms with Crippen LogP contribution < -0.4 is 9.62 Å². The first-order valence-electron chi connectivity index (χ1n) is 15.9. The quantitative estimate of drug-likeness (QED) is 0.163. The number of nitrogens with one attached hydrogen (secondary N) is 1. The van der Waals surface area contributed by atoms with Gasteiger partial charge in [-0.2, -0.15) is 0 Å². The molecule has 1 aliphatic rings. The molecular formula is C37H38Cl2FN3O4S. The number of aryl methyl sites for hydroxylation is 1. The number of carbonyl (C=O) groups excluding carboxylic acids is 2. The van der Waals surface area contributed by atoms with Gasteiger partial charge in [-0.15, -0.1) is 0 Å². The molecule has 1 saturated carbocycles. The van der Waals surface area contributed by atoms with Crippen molar-refractivity contribution in [3.05, 3.63) is 130 Å². The van der Waals surface area contributed by atoms with E-state index in [-0.39, 0.29) is 45.5 Å². The lowest BCUT2D eigenvalue weighted by atomic mass is 9.94. The standard InChI is InChI=1S/C37H38Cl2FN3O4S/c1-26-12-19-32(20-13-26)48(46,47)43(34-23-29(38)16-21-33(34)39)25-36(44)42(24-28-14-17-30(40)18-15-28)35(22-27-8-4-2-5-9-27)37(45)41-31-10-6-3-7-11-31/h2,4-5,8-9,12-21,23,31,35H,3,6-7,10-11,22,24-25H2,1H3,(H,41,45)/t35-/m0/s1. The van der Waals surface area contributed by atoms with E-state index >= 15 is 0 Å². The summed E-state index contributed by atoms with van der Waals surface area (Å²) in [6.45, 7) is 1.08. The molecule has 0 heterocycles. The molecule has 1 N–H and O–H groups in total. The van der Waals surface area contributed by atoms with Gasteiger partial charge in [0, 0.05) is 24.0 Å². The van der Waals surface area contributed by atoms with Crippen molar-refractivity contribution in [2.75, 3.05) is 10.8 Å². The summed E-state index contributed by atoms with van der Waals surface area (Å²) in [6.07, 6.45) is 4.95. The molecule has 48 heavy (non-hydrogen) atoms. The van der Waals surface area contributed by atoms with Gasteiger partial charge in [-0.1, -0.05) is 103 Å². The molecule has 4 aromatic rings. The van der Waals surface area contributed by atoms with Crippen molar-refractivity contribution in [1.29, 1.82) is 0 Å². The maximum Gasteiger partial charge on any atom is 0.264 e. The average molecular weight is 711 g/mol. The van der Waals surface area contributed by atoms with E-state index < -0.39 is 34.3 Å². The summed E-state index contributed by atoms with van der Waals surface area (Å²) in [5.41, 5.74) is 2.27. The smallest absolute Gasteiger partial charge is 0.264 e. The van der Waals surface area contributed by atoms with Gasteiger partial charge in [0.2, 0.25) is 11.8 Å². The Morgan fingerprint density at radius 1 is 0.875 bits per heavy atom. The molecule has 0 bridgehead atoms. The van der Waals surface area contributed by atoms with Crippen LogP contribution in [0.4, 0.5) is 10.1 Å². The van der Waals surface area contributed by atoms with Crippen molar-refractivity contribution in [1.82, 2.24) is 10.2 Å². The van der Waals surface area contributed by atoms with E-state index in [0.717, 1.165) is 47.5 Å². The topological polar surface area (TPSA) is 86.8 Å². The largest absolute Gasteiger partial charge is 0.352 e. The van der Waals surface area contributed by atoms with Gasteiger partial charge in [-0.05, 0) is 73.4 Å². The Morgan fingerprint density at radius 2 is 1.54 bits per heavy atom. The number of hydrogen-bond acceptors (Lipinski definition) is 4. The molecular weight excluding hydrogens is 672 g/mol. The van der Waals surface area contributed by atoms with Gasteiger partial charge in [0.25, 0.3) is 10.0 Å². The van der Waals surface area contributed by atoms with Crippen LogP contribution in [0.2, 0.25) is 10.0 Å². The molecule has 7 nitrogen and oxygen atoms in total. The molecule has 252 valence electrons. The molecule has 4 aromatic carbocycles. The third kappa shape index (κ3) is 8.95. The van der Waals surface area contributed by atoms with Gasteiger partial charge in [0.05, 0.1) is 15.6 Å². The van der Waals surface area contributed by atoms with E-state index in [4.69, 9.17) is 23.2 Å². The van der Waals surface area contributed by atoms with Gasteiger partial charge in [0.1, 0.15) is 18.4 Å². The van der Waals surface area contributed by atoms with Gasteiger partial charge >= 0.3 is 0 Å². The molecule has 5 rings (SSSR count). The molecule has 0 aliphatic heterocycles. The summed E-state index contributed by atoms with van der Waals surface area (Å²) in [7, 11) is -4.35. The lowest BCUT2D eigenvalue weighted by Gasteiger charge is -2.35. The Bertz CT molecular complexity index is 1820. The first-order chi connectivity index (χ1) is 23.0. The summed E-state index contributed by atoms with van der Waals surface area (Å²) in [6, 6.07) is 24.6. The van der Waals surface area contributed by atoms with Crippen LogP contribution >= 0.6 is 23.2 Å². The second-order valence-corrected chi connectivity index (χ2v) is 14.8. The Balaban J connectivity index is 1.58. The van der Waals surface area contributed by atoms with Crippen molar-refractivity contribution in [2.24, 2.45) is 0 Å². The van der Waals surface area contributed by atoms with Crippen LogP contribution in [-0.2, 0) is 32.6 Å². The summed E-state index contributed by atoms with van der Waals surface area (Å²) in [5, 5.41) is 3.47. The van der Waals surface area contributed by atoms with Gasteiger partial charge in [-0.25, -0.2) is 12.8 Å². The van der Waals surface area contributed by atoms with Crippen molar-refractivity contribution in [3.63, 3.8) is 0 Å². The monoisotopic (exact) mass is 709 g/mol. The van der Waals surface area contributed by atoms with E-state index in [1.807, 2.05) is 37.3 Å². The van der Waals surface area contributed by atoms with Crippen molar-refractivity contribution >= 4 is 50.7 Å². The predicted octanol–water partition coefficient (Wildman–Crippen LogP) is 7.73. The number of halogens is 3. The summed E-state index contributed by atoms with van der Waals surface area (Å²) in [5.74, 6) is -1.43. The highest BCUT2D eigenvalue weighted by molar-refractivity contribution is 7.92. The molecule has 11 heteroatoms. The maximum atomic E-state index is 14.6. The normalized spacial score (nSPS) is 14.2. The third-order valence-corrected chi connectivity index (χ3v) is 10.9. The Labute approximate surface area is 291 Å². The van der Waals surface area contributed by atoms with Crippen LogP contribution in [0.25, 0.3) is 0 Å². The highest BCUT2D eigenvalue weighted by Gasteiger charge is 2.36. The number of amides is 2. The molecule has 0 spiro atoms. The Hall–Kier alpha value is -3.92. The highest BCUT2D eigenvalue weighted by atomic mass is 35.5. The van der Waals surface area contributed by atoms with Gasteiger partial charge in [0.15, 0.2) is 0 Å². The van der Waals surface area contributed by atoms with Crippen molar-refractivity contribution in [3.8, 4) is 0 Å². The molecule has 0 saturated heterocycles. The number of carbonyl (C=O) groups is 2. The van der Waals surface area contributed by atoms with Crippen LogP contribution in [0.15, 0.2) is 102 Å². The molecule has 0 unspecified atom stereocenters. The van der Waals surface area contributed by atoms with Crippen LogP contribution in [0.5, 0.6) is 0 Å². The zero-order valence-corrected chi connectivity index (χ0v) is 28.9. The summed E-state index contributed by atoms with van der Waals surface area (Å²) >= 11 is 12.9. The minimum Gasteiger partial charge on any atom is -0.352 e. The first-order valence-corrected chi connectivity index (χ1v) is 18.1. The number of sulfonamides is 1. The zero-order chi connectivity index (χ0) is 34.3. The number of rotatable bonds is 12. The third-order valence-electron chi connectivity index (χ3n) is 8.55. The van der Waals surface area contributed by atoms with Crippen LogP contribution in [0.3, 0.4) is 0 Å². The van der Waals surface area contributed by atoms with E-state index in [1.165, 1.54) is 47.4 Å². The minimum atomic E-state index is -4.35. The fraction of sp³-hybridized carbons (Fsp3) is 0.297. The van der Waals surface area contributed by atoms with Crippen molar-refractivity contribution < 1.29 is 22.4 Å². The fourth-order valence-electron chi connectivity index (χ4n) is 5.91. The second kappa shape index (κ2) is 16.0. The molecule has 1 atom stereocenters. The lowest BCUT2D eigenvalue weighted by Crippen LogP contribution is -2.55. The SMILES string of the molecule is Cc1ccc(S(=O)(=O)N(CC(=O)N(Cc2ccc(F)cc2)[C@@H](Cc2ccccc2)C(=O)NC2CCCCC2)c2cc(Cl)ccc2Cl)cc1. The number of anilines is 1. The number of hydrogen-bond donors (Lipinski definition) is 1. The van der Waals surface area contributed by atoms with Crippen LogP contribution in [0, 0.1) is 12.7 Å². The van der Waals surface area contributed by atoms with Gasteiger partial charge in [-0.3, -0.25) is 13.9 Å². The predicted molar refractivity (Wildman–Crippen MR) is 188 cm³/mol. The van der Waals surface area contributed by atoms with E-state index in [2.05, 4.69) is 5.32 Å². The minimum absolute atomic E-state index is 0.0195. The second-order valence-electron chi connectivity index (χ2n) is 12.1. The zero-order valence-electron chi connectivity index (χ0n) is 26.6. The maximum absolute atomic E-state index is 14.6. The first kappa shape index (κ1) is 35.4. The highest BCUT2D eigenvalue weighted by Crippen LogP contribution is 2.33. The molecule has 1 fully saturated rings. The van der Waals surface area contributed by atoms with Crippen LogP contribution in [-0.4, -0.2) is 43.8 Å². The Morgan fingerprint density at radius 3 is 2.21 bits per heavy atom. The molecule has 0 radical (unpaired) electrons. The molecule has 2 amide bonds. The van der Waals surface area contributed by atoms with Crippen LogP contribution in [0.1, 0.15) is 48.8 Å².